The van der Waals surface area contributed by atoms with Crippen LogP contribution in [0.15, 0.2) is 49.4 Å². The second-order valence-electron chi connectivity index (χ2n) is 16.5. The van der Waals surface area contributed by atoms with Gasteiger partial charge in [0.15, 0.2) is 0 Å². The van der Waals surface area contributed by atoms with E-state index in [2.05, 4.69) is 36.3 Å². The fourth-order valence-electron chi connectivity index (χ4n) is 8.57. The minimum Gasteiger partial charge on any atom is -0.487 e. The lowest BCUT2D eigenvalue weighted by molar-refractivity contribution is -0.0458. The number of hydrogen-bond acceptors (Lipinski definition) is 18. The van der Waals surface area contributed by atoms with Gasteiger partial charge in [-0.15, -0.1) is 5.10 Å². The SMILES string of the molecule is COCCOCCOCCOCCOCCOCCOCCOc1nn(C2CCC(N3[C@@H]4CC[C@H]3COC4)CC2)cc1Nc1ncc(-c2ccc(C#N)c(O[C@@H](C)Cn3cncn3)c2)cn1. The standard InChI is InChI=1S/C46H66N10O10/c1-35(29-54-34-48-33-51-54)66-44-25-36(3-4-37(44)26-47)38-27-49-46(50-28-38)52-43-30-55(39-5-7-40(8-6-39)56-41-9-10-42(56)32-64-31-41)53-45(43)65-24-23-63-22-21-62-20-19-61-18-17-60-16-15-59-14-13-58-12-11-57-2/h3-4,25,27-28,30,33-35,39-42H,5-24,29,31-32H2,1-2H3,(H,49,50,52)/t35-,39?,40?,41-,42+/m0/s1. The molecule has 3 aromatic heterocycles. The summed E-state index contributed by atoms with van der Waals surface area (Å²) in [5.41, 5.74) is 2.69. The third-order valence-electron chi connectivity index (χ3n) is 11.8. The number of anilines is 2. The zero-order valence-electron chi connectivity index (χ0n) is 38.4. The van der Waals surface area contributed by atoms with Gasteiger partial charge in [-0.2, -0.15) is 10.4 Å². The van der Waals surface area contributed by atoms with Crippen LogP contribution in [0.1, 0.15) is 57.1 Å². The first-order chi connectivity index (χ1) is 32.6. The zero-order chi connectivity index (χ0) is 45.6. The van der Waals surface area contributed by atoms with Gasteiger partial charge in [-0.1, -0.05) is 6.07 Å². The molecule has 1 saturated carbocycles. The van der Waals surface area contributed by atoms with Gasteiger partial charge in [0, 0.05) is 43.2 Å². The summed E-state index contributed by atoms with van der Waals surface area (Å²) < 4.78 is 60.3. The van der Waals surface area contributed by atoms with E-state index in [0.29, 0.717) is 146 Å². The van der Waals surface area contributed by atoms with E-state index in [1.807, 2.05) is 29.9 Å². The Morgan fingerprint density at radius 3 is 1.89 bits per heavy atom. The van der Waals surface area contributed by atoms with Crippen LogP contribution in [0.25, 0.3) is 11.1 Å². The van der Waals surface area contributed by atoms with Gasteiger partial charge < -0.3 is 52.7 Å². The van der Waals surface area contributed by atoms with Crippen molar-refractivity contribution in [1.29, 1.82) is 5.26 Å². The molecule has 3 aliphatic rings. The van der Waals surface area contributed by atoms with Gasteiger partial charge in [0.25, 0.3) is 5.88 Å². The van der Waals surface area contributed by atoms with Crippen molar-refractivity contribution in [2.24, 2.45) is 0 Å². The summed E-state index contributed by atoms with van der Waals surface area (Å²) in [6.07, 6.45) is 15.1. The van der Waals surface area contributed by atoms with Gasteiger partial charge >= 0.3 is 0 Å². The van der Waals surface area contributed by atoms with Gasteiger partial charge in [0.1, 0.15) is 42.9 Å². The molecule has 4 aromatic rings. The first-order valence-corrected chi connectivity index (χ1v) is 23.2. The molecule has 0 spiro atoms. The maximum Gasteiger partial charge on any atom is 0.257 e. The number of fused-ring (bicyclic) bond motifs is 2. The molecule has 3 atom stereocenters. The van der Waals surface area contributed by atoms with Crippen molar-refractivity contribution in [1.82, 2.24) is 39.4 Å². The molecule has 0 amide bonds. The summed E-state index contributed by atoms with van der Waals surface area (Å²) in [4.78, 5) is 16.1. The predicted molar refractivity (Wildman–Crippen MR) is 241 cm³/mol. The lowest BCUT2D eigenvalue weighted by Gasteiger charge is -2.43. The average molecular weight is 919 g/mol. The first-order valence-electron chi connectivity index (χ1n) is 23.2. The molecule has 5 heterocycles. The normalized spacial score (nSPS) is 20.0. The van der Waals surface area contributed by atoms with Crippen LogP contribution < -0.4 is 14.8 Å². The largest absolute Gasteiger partial charge is 0.487 e. The summed E-state index contributed by atoms with van der Waals surface area (Å²) in [6.45, 7) is 10.8. The minimum atomic E-state index is -0.251. The van der Waals surface area contributed by atoms with E-state index in [4.69, 9.17) is 52.5 Å². The van der Waals surface area contributed by atoms with Gasteiger partial charge in [0.2, 0.25) is 5.95 Å². The lowest BCUT2D eigenvalue weighted by Crippen LogP contribution is -2.52. The number of morpholine rings is 1. The van der Waals surface area contributed by atoms with Crippen LogP contribution in [0.4, 0.5) is 11.6 Å². The van der Waals surface area contributed by atoms with E-state index < -0.39 is 0 Å². The van der Waals surface area contributed by atoms with Crippen LogP contribution >= 0.6 is 0 Å². The molecule has 2 bridgehead atoms. The van der Waals surface area contributed by atoms with Crippen molar-refractivity contribution in [2.45, 2.75) is 82.3 Å². The predicted octanol–water partition coefficient (Wildman–Crippen LogP) is 4.49. The Labute approximate surface area is 387 Å². The second kappa shape index (κ2) is 27.1. The summed E-state index contributed by atoms with van der Waals surface area (Å²) in [7, 11) is 1.65. The monoisotopic (exact) mass is 918 g/mol. The van der Waals surface area contributed by atoms with Gasteiger partial charge in [-0.05, 0) is 63.1 Å². The summed E-state index contributed by atoms with van der Waals surface area (Å²) in [6, 6.07) is 9.62. The van der Waals surface area contributed by atoms with Crippen LogP contribution in [-0.4, -0.2) is 176 Å². The van der Waals surface area contributed by atoms with Crippen LogP contribution in [0.3, 0.4) is 0 Å². The Hall–Kier alpha value is -4.82. The quantitative estimate of drug-likeness (QED) is 0.0691. The molecule has 2 aliphatic heterocycles. The van der Waals surface area contributed by atoms with E-state index in [9.17, 15) is 5.26 Å². The Bertz CT molecular complexity index is 2000. The maximum absolute atomic E-state index is 9.77. The Morgan fingerprint density at radius 1 is 0.742 bits per heavy atom. The molecule has 20 heteroatoms. The van der Waals surface area contributed by atoms with Gasteiger partial charge in [-0.25, -0.2) is 19.6 Å². The molecule has 0 radical (unpaired) electrons. The third-order valence-corrected chi connectivity index (χ3v) is 11.8. The molecule has 20 nitrogen and oxygen atoms in total. The van der Waals surface area contributed by atoms with E-state index in [-0.39, 0.29) is 12.1 Å². The summed E-state index contributed by atoms with van der Waals surface area (Å²) in [5.74, 6) is 1.33. The van der Waals surface area contributed by atoms with Crippen LogP contribution in [0, 0.1) is 11.3 Å². The van der Waals surface area contributed by atoms with Crippen molar-refractivity contribution in [3.63, 3.8) is 0 Å². The van der Waals surface area contributed by atoms with E-state index in [1.165, 1.54) is 19.2 Å². The molecule has 1 aliphatic carbocycles. The molecular formula is C46H66N10O10. The number of benzene rings is 1. The molecular weight excluding hydrogens is 853 g/mol. The Kier molecular flexibility index (Phi) is 20.2. The smallest absolute Gasteiger partial charge is 0.257 e. The van der Waals surface area contributed by atoms with Crippen LogP contribution in [0.5, 0.6) is 11.6 Å². The molecule has 0 unspecified atom stereocenters. The highest BCUT2D eigenvalue weighted by atomic mass is 16.6. The van der Waals surface area contributed by atoms with E-state index in [1.54, 1.807) is 36.6 Å². The first kappa shape index (κ1) is 49.1. The highest BCUT2D eigenvalue weighted by Gasteiger charge is 2.42. The third kappa shape index (κ3) is 15.1. The number of methoxy groups -OCH3 is 1. The maximum atomic E-state index is 9.77. The second-order valence-corrected chi connectivity index (χ2v) is 16.5. The average Bonchev–Trinajstić information content (AvgIpc) is 4.07. The number of nitrogens with one attached hydrogen (secondary N) is 1. The van der Waals surface area contributed by atoms with Crippen molar-refractivity contribution in [2.75, 3.05) is 118 Å². The number of aromatic nitrogens is 7. The minimum absolute atomic E-state index is 0.250. The fraction of sp³-hybridized carbons (Fsp3) is 0.652. The van der Waals surface area contributed by atoms with Crippen molar-refractivity contribution < 1.29 is 47.4 Å². The van der Waals surface area contributed by atoms with Gasteiger partial charge in [-0.3, -0.25) is 9.58 Å². The number of nitrogens with zero attached hydrogens (tertiary/aromatic N) is 9. The molecule has 7 rings (SSSR count). The Balaban J connectivity index is 0.856. The highest BCUT2D eigenvalue weighted by molar-refractivity contribution is 5.67. The van der Waals surface area contributed by atoms with E-state index in [0.717, 1.165) is 50.0 Å². The van der Waals surface area contributed by atoms with Crippen LogP contribution in [0.2, 0.25) is 0 Å². The number of ether oxygens (including phenoxy) is 10. The number of rotatable bonds is 31. The number of hydrogen-bond donors (Lipinski definition) is 1. The summed E-state index contributed by atoms with van der Waals surface area (Å²) in [5, 5.41) is 22.2. The Morgan fingerprint density at radius 2 is 1.32 bits per heavy atom. The molecule has 1 N–H and O–H groups in total. The molecule has 2 saturated heterocycles. The highest BCUT2D eigenvalue weighted by Crippen LogP contribution is 2.39. The zero-order valence-corrected chi connectivity index (χ0v) is 38.4. The van der Waals surface area contributed by atoms with Crippen molar-refractivity contribution in [3.8, 4) is 28.8 Å². The van der Waals surface area contributed by atoms with Crippen LogP contribution in [-0.2, 0) is 44.4 Å². The molecule has 360 valence electrons. The van der Waals surface area contributed by atoms with Crippen molar-refractivity contribution >= 4 is 11.6 Å². The van der Waals surface area contributed by atoms with Crippen molar-refractivity contribution in [3.05, 3.63) is 55.0 Å². The fourth-order valence-corrected chi connectivity index (χ4v) is 8.57. The van der Waals surface area contributed by atoms with E-state index >= 15 is 0 Å². The topological polar surface area (TPSA) is 206 Å². The van der Waals surface area contributed by atoms with Gasteiger partial charge in [0.05, 0.1) is 123 Å². The lowest BCUT2D eigenvalue weighted by atomic mass is 9.89. The summed E-state index contributed by atoms with van der Waals surface area (Å²) >= 11 is 0. The molecule has 1 aromatic carbocycles. The molecule has 66 heavy (non-hydrogen) atoms. The number of nitriles is 1. The molecule has 3 fully saturated rings.